The second-order valence-corrected chi connectivity index (χ2v) is 6.65. The third kappa shape index (κ3) is 9.72. The van der Waals surface area contributed by atoms with Gasteiger partial charge >= 0.3 is 0 Å². The maximum Gasteiger partial charge on any atom is 0.239 e. The molecule has 7 heteroatoms. The lowest BCUT2D eigenvalue weighted by molar-refractivity contribution is -0.126. The first-order valence-electron chi connectivity index (χ1n) is 8.30. The van der Waals surface area contributed by atoms with Crippen molar-refractivity contribution in [2.75, 3.05) is 26.2 Å². The summed E-state index contributed by atoms with van der Waals surface area (Å²) in [6.45, 7) is 11.9. The highest BCUT2D eigenvalue weighted by atomic mass is 35.5. The van der Waals surface area contributed by atoms with E-state index in [0.717, 1.165) is 45.3 Å². The maximum absolute atomic E-state index is 11.9. The molecule has 1 amide bonds. The van der Waals surface area contributed by atoms with Crippen LogP contribution in [0.5, 0.6) is 0 Å². The number of ether oxygens (including phenoxy) is 1. The van der Waals surface area contributed by atoms with Gasteiger partial charge in [0, 0.05) is 19.6 Å². The summed E-state index contributed by atoms with van der Waals surface area (Å²) in [5.41, 5.74) is 5.27. The molecule has 1 saturated heterocycles. The van der Waals surface area contributed by atoms with Gasteiger partial charge in [0.2, 0.25) is 5.91 Å². The van der Waals surface area contributed by atoms with Crippen LogP contribution in [0.4, 0.5) is 0 Å². The fourth-order valence-corrected chi connectivity index (χ4v) is 2.96. The third-order valence-electron chi connectivity index (χ3n) is 3.97. The van der Waals surface area contributed by atoms with Crippen molar-refractivity contribution in [1.82, 2.24) is 10.2 Å². The predicted molar refractivity (Wildman–Crippen MR) is 101 cm³/mol. The van der Waals surface area contributed by atoms with Crippen molar-refractivity contribution in [3.05, 3.63) is 0 Å². The average molecular weight is 372 g/mol. The monoisotopic (exact) mass is 371 g/mol. The van der Waals surface area contributed by atoms with E-state index in [-0.39, 0.29) is 30.7 Å². The molecule has 0 radical (unpaired) electrons. The van der Waals surface area contributed by atoms with Gasteiger partial charge in [-0.1, -0.05) is 13.3 Å². The molecule has 1 fully saturated rings. The van der Waals surface area contributed by atoms with E-state index >= 15 is 0 Å². The molecule has 0 saturated carbocycles. The Hall–Kier alpha value is -0.0700. The number of unbranched alkanes of at least 4 members (excludes halogenated alkanes) is 1. The number of rotatable bonds is 8. The molecule has 140 valence electrons. The zero-order valence-corrected chi connectivity index (χ0v) is 16.6. The lowest BCUT2D eigenvalue weighted by atomic mass is 9.96. The van der Waals surface area contributed by atoms with Gasteiger partial charge in [0.05, 0.1) is 17.7 Å². The molecule has 1 aliphatic heterocycles. The van der Waals surface area contributed by atoms with E-state index in [1.54, 1.807) is 0 Å². The molecule has 0 aliphatic carbocycles. The van der Waals surface area contributed by atoms with Gasteiger partial charge in [-0.2, -0.15) is 0 Å². The summed E-state index contributed by atoms with van der Waals surface area (Å²) in [7, 11) is 0. The molecule has 5 nitrogen and oxygen atoms in total. The van der Waals surface area contributed by atoms with Crippen molar-refractivity contribution < 1.29 is 9.53 Å². The summed E-state index contributed by atoms with van der Waals surface area (Å²) in [5, 5.41) is 2.96. The summed E-state index contributed by atoms with van der Waals surface area (Å²) in [6.07, 6.45) is 4.37. The molecule has 0 aromatic carbocycles. The number of halogens is 2. The molecule has 0 bridgehead atoms. The number of hydrogen-bond donors (Lipinski definition) is 2. The Labute approximate surface area is 153 Å². The van der Waals surface area contributed by atoms with Crippen LogP contribution in [0.25, 0.3) is 0 Å². The molecule has 0 aromatic heterocycles. The van der Waals surface area contributed by atoms with Crippen LogP contribution in [0.15, 0.2) is 0 Å². The van der Waals surface area contributed by atoms with Gasteiger partial charge in [0.25, 0.3) is 0 Å². The Morgan fingerprint density at radius 1 is 1.26 bits per heavy atom. The maximum atomic E-state index is 11.9. The van der Waals surface area contributed by atoms with Crippen LogP contribution in [-0.4, -0.2) is 54.7 Å². The molecule has 0 spiro atoms. The molecule has 1 aliphatic rings. The van der Waals surface area contributed by atoms with Gasteiger partial charge in [-0.25, -0.2) is 0 Å². The number of carbonyl (C=O) groups is 1. The summed E-state index contributed by atoms with van der Waals surface area (Å²) in [5.74, 6) is -0.0297. The predicted octanol–water partition coefficient (Wildman–Crippen LogP) is 2.35. The van der Waals surface area contributed by atoms with Crippen molar-refractivity contribution in [1.29, 1.82) is 0 Å². The second-order valence-electron chi connectivity index (χ2n) is 6.65. The van der Waals surface area contributed by atoms with E-state index in [0.29, 0.717) is 18.8 Å². The van der Waals surface area contributed by atoms with E-state index in [4.69, 9.17) is 10.5 Å². The quantitative estimate of drug-likeness (QED) is 0.642. The van der Waals surface area contributed by atoms with Crippen LogP contribution in [0.1, 0.15) is 53.4 Å². The molecule has 3 N–H and O–H groups in total. The van der Waals surface area contributed by atoms with Crippen LogP contribution < -0.4 is 11.1 Å². The molecule has 1 rings (SSSR count). The van der Waals surface area contributed by atoms with Gasteiger partial charge in [-0.3, -0.25) is 9.69 Å². The normalized spacial score (nSPS) is 24.0. The Morgan fingerprint density at radius 3 is 2.35 bits per heavy atom. The van der Waals surface area contributed by atoms with Crippen molar-refractivity contribution in [2.24, 2.45) is 5.73 Å². The summed E-state index contributed by atoms with van der Waals surface area (Å²) < 4.78 is 5.72. The fourth-order valence-electron chi connectivity index (χ4n) is 2.96. The molecule has 0 aromatic rings. The standard InChI is InChI=1S/C16H33N3O2.2ClH/c1-5-8-16(4,17)15(20)18-9-6-7-10-19-11-13(2)21-14(3)12-19;;/h13-14H,5-12,17H2,1-4H3,(H,18,20);2*1H. The first-order valence-corrected chi connectivity index (χ1v) is 8.30. The zero-order valence-electron chi connectivity index (χ0n) is 15.0. The van der Waals surface area contributed by atoms with Gasteiger partial charge in [-0.05, 0) is 46.6 Å². The Kier molecular flexibility index (Phi) is 13.5. The number of nitrogens with zero attached hydrogens (tertiary/aromatic N) is 1. The number of hydrogen-bond acceptors (Lipinski definition) is 4. The van der Waals surface area contributed by atoms with Crippen LogP contribution in [0, 0.1) is 0 Å². The lowest BCUT2D eigenvalue weighted by Gasteiger charge is -2.35. The van der Waals surface area contributed by atoms with Crippen LogP contribution in [0.3, 0.4) is 0 Å². The molecule has 3 unspecified atom stereocenters. The topological polar surface area (TPSA) is 67.6 Å². The number of nitrogens with one attached hydrogen (secondary N) is 1. The average Bonchev–Trinajstić information content (AvgIpc) is 2.36. The van der Waals surface area contributed by atoms with Crippen LogP contribution in [0.2, 0.25) is 0 Å². The summed E-state index contributed by atoms with van der Waals surface area (Å²) in [6, 6.07) is 0. The van der Waals surface area contributed by atoms with Gasteiger partial charge in [-0.15, -0.1) is 24.8 Å². The minimum absolute atomic E-state index is 0. The first kappa shape index (κ1) is 25.2. The van der Waals surface area contributed by atoms with Crippen LogP contribution in [-0.2, 0) is 9.53 Å². The second kappa shape index (κ2) is 12.3. The summed E-state index contributed by atoms with van der Waals surface area (Å²) in [4.78, 5) is 14.4. The highest BCUT2D eigenvalue weighted by molar-refractivity contribution is 5.86. The summed E-state index contributed by atoms with van der Waals surface area (Å²) >= 11 is 0. The third-order valence-corrected chi connectivity index (χ3v) is 3.97. The van der Waals surface area contributed by atoms with Crippen molar-refractivity contribution >= 4 is 30.7 Å². The van der Waals surface area contributed by atoms with Gasteiger partial charge < -0.3 is 15.8 Å². The molecular formula is C16H35Cl2N3O2. The van der Waals surface area contributed by atoms with E-state index in [2.05, 4.69) is 24.1 Å². The number of amides is 1. The van der Waals surface area contributed by atoms with Crippen molar-refractivity contribution in [3.8, 4) is 0 Å². The van der Waals surface area contributed by atoms with E-state index in [1.807, 2.05) is 13.8 Å². The number of carbonyl (C=O) groups excluding carboxylic acids is 1. The van der Waals surface area contributed by atoms with Crippen LogP contribution >= 0.6 is 24.8 Å². The molecular weight excluding hydrogens is 337 g/mol. The smallest absolute Gasteiger partial charge is 0.239 e. The Bertz CT molecular complexity index is 320. The highest BCUT2D eigenvalue weighted by Crippen LogP contribution is 2.11. The van der Waals surface area contributed by atoms with Gasteiger partial charge in [0.1, 0.15) is 0 Å². The SMILES string of the molecule is CCCC(C)(N)C(=O)NCCCCN1CC(C)OC(C)C1.Cl.Cl. The Morgan fingerprint density at radius 2 is 1.83 bits per heavy atom. The minimum Gasteiger partial charge on any atom is -0.373 e. The van der Waals surface area contributed by atoms with E-state index in [1.165, 1.54) is 0 Å². The zero-order chi connectivity index (χ0) is 15.9. The largest absolute Gasteiger partial charge is 0.373 e. The molecule has 1 heterocycles. The number of nitrogens with two attached hydrogens (primary N) is 1. The minimum atomic E-state index is -0.732. The highest BCUT2D eigenvalue weighted by Gasteiger charge is 2.26. The van der Waals surface area contributed by atoms with Crippen molar-refractivity contribution in [2.45, 2.75) is 71.1 Å². The van der Waals surface area contributed by atoms with E-state index < -0.39 is 5.54 Å². The number of morpholine rings is 1. The lowest BCUT2D eigenvalue weighted by Crippen LogP contribution is -2.51. The van der Waals surface area contributed by atoms with Crippen molar-refractivity contribution in [3.63, 3.8) is 0 Å². The van der Waals surface area contributed by atoms with E-state index in [9.17, 15) is 4.79 Å². The fraction of sp³-hybridized carbons (Fsp3) is 0.938. The Balaban J connectivity index is 0. The molecule has 23 heavy (non-hydrogen) atoms. The van der Waals surface area contributed by atoms with Gasteiger partial charge in [0.15, 0.2) is 0 Å². The molecule has 3 atom stereocenters. The first-order chi connectivity index (χ1) is 9.85.